The number of carbonyl (C=O) groups is 2. The first kappa shape index (κ1) is 23.3. The second-order valence-corrected chi connectivity index (χ2v) is 7.95. The Morgan fingerprint density at radius 2 is 1.27 bits per heavy atom. The van der Waals surface area contributed by atoms with Crippen LogP contribution in [0, 0.1) is 23.7 Å². The maximum Gasteiger partial charge on any atom is 0.234 e. The van der Waals surface area contributed by atoms with Crippen molar-refractivity contribution in [2.24, 2.45) is 23.7 Å². The van der Waals surface area contributed by atoms with Crippen LogP contribution >= 0.6 is 0 Å². The molecule has 152 valence electrons. The molecule has 4 atom stereocenters. The SMILES string of the molecule is CCCCC(CC)C(=O)C(C)CCC(C(=O)C(CC)CCCC)C1OO1. The summed E-state index contributed by atoms with van der Waals surface area (Å²) in [5, 5.41) is 0. The van der Waals surface area contributed by atoms with Crippen LogP contribution < -0.4 is 0 Å². The van der Waals surface area contributed by atoms with Gasteiger partial charge in [-0.15, -0.1) is 0 Å². The van der Waals surface area contributed by atoms with Crippen LogP contribution in [0.5, 0.6) is 0 Å². The van der Waals surface area contributed by atoms with E-state index in [2.05, 4.69) is 27.7 Å². The molecule has 0 N–H and O–H groups in total. The molecule has 1 rings (SSSR count). The molecule has 0 aromatic heterocycles. The van der Waals surface area contributed by atoms with Crippen molar-refractivity contribution >= 4 is 11.6 Å². The van der Waals surface area contributed by atoms with E-state index in [4.69, 9.17) is 9.78 Å². The quantitative estimate of drug-likeness (QED) is 0.252. The van der Waals surface area contributed by atoms with Crippen molar-refractivity contribution in [3.05, 3.63) is 0 Å². The molecule has 1 saturated heterocycles. The van der Waals surface area contributed by atoms with Gasteiger partial charge in [0, 0.05) is 17.8 Å². The van der Waals surface area contributed by atoms with Crippen LogP contribution in [-0.2, 0) is 19.4 Å². The number of hydrogen-bond acceptors (Lipinski definition) is 4. The fourth-order valence-electron chi connectivity index (χ4n) is 3.85. The van der Waals surface area contributed by atoms with Gasteiger partial charge in [-0.05, 0) is 38.5 Å². The van der Waals surface area contributed by atoms with Gasteiger partial charge in [-0.1, -0.05) is 60.3 Å². The van der Waals surface area contributed by atoms with Gasteiger partial charge in [0.25, 0.3) is 0 Å². The largest absolute Gasteiger partial charge is 0.299 e. The number of hydrogen-bond donors (Lipinski definition) is 0. The van der Waals surface area contributed by atoms with Gasteiger partial charge in [0.15, 0.2) is 0 Å². The second kappa shape index (κ2) is 12.6. The molecule has 4 heteroatoms. The van der Waals surface area contributed by atoms with E-state index < -0.39 is 0 Å². The van der Waals surface area contributed by atoms with E-state index in [1.165, 1.54) is 0 Å². The van der Waals surface area contributed by atoms with Gasteiger partial charge in [0.2, 0.25) is 6.29 Å². The highest BCUT2D eigenvalue weighted by atomic mass is 17.4. The van der Waals surface area contributed by atoms with E-state index in [9.17, 15) is 9.59 Å². The molecule has 0 amide bonds. The molecule has 4 unspecified atom stereocenters. The van der Waals surface area contributed by atoms with Crippen molar-refractivity contribution in [3.8, 4) is 0 Å². The molecular weight excluding hydrogens is 328 g/mol. The Kier molecular flexibility index (Phi) is 11.3. The Bertz CT molecular complexity index is 416. The normalized spacial score (nSPS) is 19.0. The predicted octanol–water partition coefficient (Wildman–Crippen LogP) is 5.88. The summed E-state index contributed by atoms with van der Waals surface area (Å²) in [6.07, 6.45) is 9.16. The smallest absolute Gasteiger partial charge is 0.234 e. The monoisotopic (exact) mass is 368 g/mol. The lowest BCUT2D eigenvalue weighted by Crippen LogP contribution is -2.29. The van der Waals surface area contributed by atoms with E-state index in [0.717, 1.165) is 57.8 Å². The molecule has 1 aliphatic heterocycles. The lowest BCUT2D eigenvalue weighted by molar-refractivity contribution is -0.130. The molecule has 26 heavy (non-hydrogen) atoms. The average molecular weight is 369 g/mol. The fourth-order valence-corrected chi connectivity index (χ4v) is 3.85. The summed E-state index contributed by atoms with van der Waals surface area (Å²) < 4.78 is 0. The average Bonchev–Trinajstić information content (AvgIpc) is 3.47. The molecule has 1 heterocycles. The molecule has 1 fully saturated rings. The second-order valence-electron chi connectivity index (χ2n) is 7.95. The first-order chi connectivity index (χ1) is 12.5. The number of Topliss-reactive ketones (excluding diaryl/α,β-unsaturated/α-hetero) is 2. The Morgan fingerprint density at radius 3 is 1.69 bits per heavy atom. The zero-order valence-electron chi connectivity index (χ0n) is 17.6. The van der Waals surface area contributed by atoms with Crippen molar-refractivity contribution in [2.75, 3.05) is 0 Å². The predicted molar refractivity (Wildman–Crippen MR) is 104 cm³/mol. The van der Waals surface area contributed by atoms with E-state index in [-0.39, 0.29) is 35.7 Å². The number of rotatable bonds is 16. The van der Waals surface area contributed by atoms with Crippen LogP contribution in [0.15, 0.2) is 0 Å². The van der Waals surface area contributed by atoms with Crippen molar-refractivity contribution in [1.82, 2.24) is 0 Å². The topological polar surface area (TPSA) is 59.2 Å². The lowest BCUT2D eigenvalue weighted by atomic mass is 9.81. The molecule has 0 saturated carbocycles. The Balaban J connectivity index is 2.59. The van der Waals surface area contributed by atoms with E-state index >= 15 is 0 Å². The highest BCUT2D eigenvalue weighted by Gasteiger charge is 2.42. The maximum absolute atomic E-state index is 12.9. The number of ketones is 2. The van der Waals surface area contributed by atoms with Gasteiger partial charge in [-0.25, -0.2) is 0 Å². The maximum atomic E-state index is 12.9. The summed E-state index contributed by atoms with van der Waals surface area (Å²) in [6, 6.07) is 0. The number of carbonyl (C=O) groups excluding carboxylic acids is 2. The van der Waals surface area contributed by atoms with Gasteiger partial charge >= 0.3 is 0 Å². The standard InChI is InChI=1S/C22H40O4/c1-6-10-12-17(8-3)20(23)16(5)14-15-19(22-25-26-22)21(24)18(9-4)13-11-7-2/h16-19,22H,6-15H2,1-5H3. The van der Waals surface area contributed by atoms with Crippen LogP contribution in [0.1, 0.15) is 98.8 Å². The highest BCUT2D eigenvalue weighted by Crippen LogP contribution is 2.33. The van der Waals surface area contributed by atoms with E-state index in [0.29, 0.717) is 12.2 Å². The Labute approximate surface area is 160 Å². The zero-order valence-corrected chi connectivity index (χ0v) is 17.6. The van der Waals surface area contributed by atoms with Gasteiger partial charge in [0.05, 0.1) is 5.92 Å². The van der Waals surface area contributed by atoms with E-state index in [1.807, 2.05) is 6.92 Å². The van der Waals surface area contributed by atoms with Gasteiger partial charge in [0.1, 0.15) is 11.6 Å². The molecule has 0 bridgehead atoms. The van der Waals surface area contributed by atoms with Crippen LogP contribution in [0.25, 0.3) is 0 Å². The molecule has 4 nitrogen and oxygen atoms in total. The molecule has 0 aromatic carbocycles. The van der Waals surface area contributed by atoms with Crippen LogP contribution in [0.2, 0.25) is 0 Å². The van der Waals surface area contributed by atoms with Crippen LogP contribution in [0.3, 0.4) is 0 Å². The van der Waals surface area contributed by atoms with E-state index in [1.54, 1.807) is 0 Å². The molecular formula is C22H40O4. The summed E-state index contributed by atoms with van der Waals surface area (Å²) in [6.45, 7) is 10.5. The molecule has 0 spiro atoms. The molecule has 0 aromatic rings. The summed E-state index contributed by atoms with van der Waals surface area (Å²) in [7, 11) is 0. The summed E-state index contributed by atoms with van der Waals surface area (Å²) >= 11 is 0. The summed E-state index contributed by atoms with van der Waals surface area (Å²) in [4.78, 5) is 35.7. The van der Waals surface area contributed by atoms with Gasteiger partial charge in [-0.2, -0.15) is 9.78 Å². The Hall–Kier alpha value is -0.740. The van der Waals surface area contributed by atoms with Crippen molar-refractivity contribution < 1.29 is 19.4 Å². The first-order valence-electron chi connectivity index (χ1n) is 10.9. The number of unbranched alkanes of at least 4 members (excludes halogenated alkanes) is 2. The molecule has 0 aliphatic carbocycles. The third kappa shape index (κ3) is 7.48. The molecule has 0 radical (unpaired) electrons. The highest BCUT2D eigenvalue weighted by molar-refractivity contribution is 5.84. The van der Waals surface area contributed by atoms with Crippen molar-refractivity contribution in [3.63, 3.8) is 0 Å². The summed E-state index contributed by atoms with van der Waals surface area (Å²) in [5.41, 5.74) is 0. The van der Waals surface area contributed by atoms with Gasteiger partial charge < -0.3 is 0 Å². The Morgan fingerprint density at radius 1 is 0.769 bits per heavy atom. The van der Waals surface area contributed by atoms with Crippen LogP contribution in [-0.4, -0.2) is 17.9 Å². The minimum Gasteiger partial charge on any atom is -0.299 e. The van der Waals surface area contributed by atoms with Crippen molar-refractivity contribution in [2.45, 2.75) is 105 Å². The third-order valence-electron chi connectivity index (χ3n) is 5.90. The summed E-state index contributed by atoms with van der Waals surface area (Å²) in [5.74, 6) is 0.667. The lowest BCUT2D eigenvalue weighted by Gasteiger charge is -2.22. The third-order valence-corrected chi connectivity index (χ3v) is 5.90. The molecule has 1 aliphatic rings. The first-order valence-corrected chi connectivity index (χ1v) is 10.9. The van der Waals surface area contributed by atoms with Gasteiger partial charge in [-0.3, -0.25) is 9.59 Å². The zero-order chi connectivity index (χ0) is 19.5. The minimum atomic E-state index is -0.387. The van der Waals surface area contributed by atoms with Crippen molar-refractivity contribution in [1.29, 1.82) is 0 Å². The van der Waals surface area contributed by atoms with Crippen LogP contribution in [0.4, 0.5) is 0 Å². The minimum absolute atomic E-state index is 0.00146. The fraction of sp³-hybridized carbons (Fsp3) is 0.909.